The molecule has 19 heavy (non-hydrogen) atoms. The highest BCUT2D eigenvalue weighted by atomic mass is 15.0. The van der Waals surface area contributed by atoms with Gasteiger partial charge in [0.1, 0.15) is 6.07 Å². The largest absolute Gasteiger partial charge is 0.399 e. The van der Waals surface area contributed by atoms with Gasteiger partial charge in [0.15, 0.2) is 11.5 Å². The molecule has 0 fully saturated rings. The van der Waals surface area contributed by atoms with E-state index < -0.39 is 0 Å². The van der Waals surface area contributed by atoms with Crippen LogP contribution in [0.3, 0.4) is 0 Å². The van der Waals surface area contributed by atoms with Crippen molar-refractivity contribution >= 4 is 11.5 Å². The molecule has 0 saturated heterocycles. The van der Waals surface area contributed by atoms with E-state index in [2.05, 4.69) is 15.3 Å². The minimum atomic E-state index is 0.166. The fourth-order valence-electron chi connectivity index (χ4n) is 2.48. The van der Waals surface area contributed by atoms with Crippen LogP contribution in [0.15, 0.2) is 30.6 Å². The van der Waals surface area contributed by atoms with Gasteiger partial charge in [-0.2, -0.15) is 5.26 Å². The molecular formula is C14H13N5. The first-order valence-corrected chi connectivity index (χ1v) is 6.14. The smallest absolute Gasteiger partial charge is 0.182 e. The molecule has 5 nitrogen and oxygen atoms in total. The van der Waals surface area contributed by atoms with Gasteiger partial charge >= 0.3 is 0 Å². The van der Waals surface area contributed by atoms with Crippen molar-refractivity contribution in [3.8, 4) is 6.07 Å². The minimum Gasteiger partial charge on any atom is -0.399 e. The molecule has 1 aromatic carbocycles. The Labute approximate surface area is 111 Å². The van der Waals surface area contributed by atoms with E-state index in [-0.39, 0.29) is 6.04 Å². The van der Waals surface area contributed by atoms with Gasteiger partial charge in [0.2, 0.25) is 0 Å². The quantitative estimate of drug-likeness (QED) is 0.797. The van der Waals surface area contributed by atoms with E-state index in [0.717, 1.165) is 18.5 Å². The standard InChI is InChI=1S/C14H13N5/c15-8-13-14(18-6-5-17-13)19-12-4-1-9-7-10(16)2-3-11(9)12/h2-3,5-7,12H,1,4,16H2,(H,18,19). The normalized spacial score (nSPS) is 16.7. The first kappa shape index (κ1) is 11.5. The molecule has 0 radical (unpaired) electrons. The summed E-state index contributed by atoms with van der Waals surface area (Å²) in [6, 6.07) is 8.17. The van der Waals surface area contributed by atoms with Gasteiger partial charge in [0.05, 0.1) is 6.04 Å². The Balaban J connectivity index is 1.89. The van der Waals surface area contributed by atoms with Crippen molar-refractivity contribution in [3.63, 3.8) is 0 Å². The van der Waals surface area contributed by atoms with Crippen molar-refractivity contribution in [3.05, 3.63) is 47.4 Å². The van der Waals surface area contributed by atoms with Gasteiger partial charge in [-0.05, 0) is 36.1 Å². The highest BCUT2D eigenvalue weighted by molar-refractivity contribution is 5.53. The maximum Gasteiger partial charge on any atom is 0.182 e. The zero-order valence-electron chi connectivity index (χ0n) is 10.3. The third-order valence-corrected chi connectivity index (χ3v) is 3.36. The number of nitrogens with zero attached hydrogens (tertiary/aromatic N) is 3. The fourth-order valence-corrected chi connectivity index (χ4v) is 2.48. The third kappa shape index (κ3) is 2.08. The number of hydrogen-bond donors (Lipinski definition) is 2. The molecule has 1 aromatic heterocycles. The molecule has 2 aromatic rings. The van der Waals surface area contributed by atoms with Crippen LogP contribution < -0.4 is 11.1 Å². The van der Waals surface area contributed by atoms with Crippen molar-refractivity contribution in [2.45, 2.75) is 18.9 Å². The van der Waals surface area contributed by atoms with Crippen LogP contribution in [0.5, 0.6) is 0 Å². The maximum atomic E-state index is 9.01. The molecule has 0 bridgehead atoms. The van der Waals surface area contributed by atoms with Crippen molar-refractivity contribution in [2.24, 2.45) is 0 Å². The average Bonchev–Trinajstić information content (AvgIpc) is 2.82. The lowest BCUT2D eigenvalue weighted by molar-refractivity contribution is 0.755. The molecule has 0 aliphatic heterocycles. The van der Waals surface area contributed by atoms with Gasteiger partial charge in [0.25, 0.3) is 0 Å². The Kier molecular flexibility index (Phi) is 2.76. The lowest BCUT2D eigenvalue weighted by Crippen LogP contribution is -2.10. The maximum absolute atomic E-state index is 9.01. The zero-order valence-corrected chi connectivity index (χ0v) is 10.3. The molecule has 94 valence electrons. The number of rotatable bonds is 2. The van der Waals surface area contributed by atoms with Crippen LogP contribution in [0.2, 0.25) is 0 Å². The molecular weight excluding hydrogens is 238 g/mol. The summed E-state index contributed by atoms with van der Waals surface area (Å²) in [6.45, 7) is 0. The molecule has 1 aliphatic rings. The van der Waals surface area contributed by atoms with Gasteiger partial charge in [-0.3, -0.25) is 0 Å². The summed E-state index contributed by atoms with van der Waals surface area (Å²) in [5.74, 6) is 0.541. The summed E-state index contributed by atoms with van der Waals surface area (Å²) >= 11 is 0. The number of nitrogens with two attached hydrogens (primary N) is 1. The van der Waals surface area contributed by atoms with Gasteiger partial charge in [0, 0.05) is 18.1 Å². The summed E-state index contributed by atoms with van der Waals surface area (Å²) in [7, 11) is 0. The number of aryl methyl sites for hydroxylation is 1. The van der Waals surface area contributed by atoms with Gasteiger partial charge in [-0.25, -0.2) is 9.97 Å². The number of nitrogens with one attached hydrogen (secondary N) is 1. The number of nitriles is 1. The van der Waals surface area contributed by atoms with Crippen LogP contribution in [0.25, 0.3) is 0 Å². The van der Waals surface area contributed by atoms with Gasteiger partial charge in [-0.15, -0.1) is 0 Å². The highest BCUT2D eigenvalue weighted by Gasteiger charge is 2.23. The Morgan fingerprint density at radius 1 is 1.32 bits per heavy atom. The molecule has 3 rings (SSSR count). The Morgan fingerprint density at radius 3 is 3.00 bits per heavy atom. The van der Waals surface area contributed by atoms with Crippen LogP contribution in [0.4, 0.5) is 11.5 Å². The molecule has 0 spiro atoms. The first-order valence-electron chi connectivity index (χ1n) is 6.14. The van der Waals surface area contributed by atoms with E-state index in [4.69, 9.17) is 11.0 Å². The third-order valence-electron chi connectivity index (χ3n) is 3.36. The molecule has 3 N–H and O–H groups in total. The molecule has 1 heterocycles. The molecule has 1 atom stereocenters. The van der Waals surface area contributed by atoms with E-state index >= 15 is 0 Å². The predicted octanol–water partition coefficient (Wildman–Crippen LogP) is 2.03. The second-order valence-corrected chi connectivity index (χ2v) is 4.56. The second-order valence-electron chi connectivity index (χ2n) is 4.56. The van der Waals surface area contributed by atoms with Crippen LogP contribution >= 0.6 is 0 Å². The van der Waals surface area contributed by atoms with Crippen molar-refractivity contribution in [2.75, 3.05) is 11.1 Å². The van der Waals surface area contributed by atoms with Crippen LogP contribution in [-0.2, 0) is 6.42 Å². The van der Waals surface area contributed by atoms with Crippen molar-refractivity contribution in [1.29, 1.82) is 5.26 Å². The summed E-state index contributed by atoms with van der Waals surface area (Å²) < 4.78 is 0. The first-order chi connectivity index (χ1) is 9.28. The molecule has 0 saturated carbocycles. The van der Waals surface area contributed by atoms with Crippen LogP contribution in [-0.4, -0.2) is 9.97 Å². The lowest BCUT2D eigenvalue weighted by Gasteiger charge is -2.15. The summed E-state index contributed by atoms with van der Waals surface area (Å²) in [6.07, 6.45) is 5.06. The number of aromatic nitrogens is 2. The number of anilines is 2. The fraction of sp³-hybridized carbons (Fsp3) is 0.214. The van der Waals surface area contributed by atoms with Crippen molar-refractivity contribution < 1.29 is 0 Å². The molecule has 5 heteroatoms. The van der Waals surface area contributed by atoms with E-state index in [1.54, 1.807) is 6.20 Å². The molecule has 0 amide bonds. The Morgan fingerprint density at radius 2 is 2.16 bits per heavy atom. The SMILES string of the molecule is N#Cc1nccnc1NC1CCc2cc(N)ccc21. The predicted molar refractivity (Wildman–Crippen MR) is 72.3 cm³/mol. The Bertz CT molecular complexity index is 659. The number of fused-ring (bicyclic) bond motifs is 1. The van der Waals surface area contributed by atoms with Crippen LogP contribution in [0.1, 0.15) is 29.3 Å². The van der Waals surface area contributed by atoms with Crippen molar-refractivity contribution in [1.82, 2.24) is 9.97 Å². The summed E-state index contributed by atoms with van der Waals surface area (Å²) in [5, 5.41) is 12.3. The summed E-state index contributed by atoms with van der Waals surface area (Å²) in [4.78, 5) is 8.19. The number of nitrogen functional groups attached to an aromatic ring is 1. The number of benzene rings is 1. The minimum absolute atomic E-state index is 0.166. The van der Waals surface area contributed by atoms with Gasteiger partial charge < -0.3 is 11.1 Å². The zero-order chi connectivity index (χ0) is 13.2. The topological polar surface area (TPSA) is 87.6 Å². The highest BCUT2D eigenvalue weighted by Crippen LogP contribution is 2.34. The average molecular weight is 251 g/mol. The van der Waals surface area contributed by atoms with E-state index in [1.165, 1.54) is 17.3 Å². The van der Waals surface area contributed by atoms with E-state index in [0.29, 0.717) is 11.5 Å². The monoisotopic (exact) mass is 251 g/mol. The summed E-state index contributed by atoms with van der Waals surface area (Å²) in [5.41, 5.74) is 9.39. The van der Waals surface area contributed by atoms with E-state index in [1.807, 2.05) is 24.3 Å². The Hall–Kier alpha value is -2.61. The molecule has 1 unspecified atom stereocenters. The van der Waals surface area contributed by atoms with Gasteiger partial charge in [-0.1, -0.05) is 6.07 Å². The second kappa shape index (κ2) is 4.58. The number of hydrogen-bond acceptors (Lipinski definition) is 5. The lowest BCUT2D eigenvalue weighted by atomic mass is 10.1. The van der Waals surface area contributed by atoms with E-state index in [9.17, 15) is 0 Å². The van der Waals surface area contributed by atoms with Crippen LogP contribution in [0, 0.1) is 11.3 Å². The molecule has 1 aliphatic carbocycles.